The molecule has 27 heavy (non-hydrogen) atoms. The molecule has 5 nitrogen and oxygen atoms in total. The lowest BCUT2D eigenvalue weighted by atomic mass is 9.79. The lowest BCUT2D eigenvalue weighted by Gasteiger charge is -2.36. The molecule has 0 amide bonds. The van der Waals surface area contributed by atoms with Crippen molar-refractivity contribution in [3.8, 4) is 5.75 Å². The number of thiophene rings is 1. The Morgan fingerprint density at radius 3 is 2.67 bits per heavy atom. The second-order valence-electron chi connectivity index (χ2n) is 6.97. The van der Waals surface area contributed by atoms with Gasteiger partial charge >= 0.3 is 0 Å². The highest BCUT2D eigenvalue weighted by Crippen LogP contribution is 2.37. The molecule has 1 fully saturated rings. The number of hydrogen-bond donors (Lipinski definition) is 1. The molecule has 1 aliphatic rings. The molecule has 3 rings (SSSR count). The summed E-state index contributed by atoms with van der Waals surface area (Å²) < 4.78 is 39.8. The molecule has 148 valence electrons. The zero-order chi connectivity index (χ0) is 19.3. The van der Waals surface area contributed by atoms with E-state index in [1.165, 1.54) is 4.88 Å². The van der Waals surface area contributed by atoms with Crippen molar-refractivity contribution >= 4 is 21.4 Å². The predicted octanol–water partition coefficient (Wildman–Crippen LogP) is 3.87. The Kier molecular flexibility index (Phi) is 6.57. The molecular weight excluding hydrogens is 382 g/mol. The van der Waals surface area contributed by atoms with Crippen molar-refractivity contribution in [2.75, 3.05) is 26.4 Å². The molecular formula is C20H27NO4S2. The zero-order valence-corrected chi connectivity index (χ0v) is 17.5. The number of rotatable bonds is 8. The van der Waals surface area contributed by atoms with Crippen LogP contribution in [0.4, 0.5) is 0 Å². The highest BCUT2D eigenvalue weighted by atomic mass is 32.2. The average Bonchev–Trinajstić information content (AvgIpc) is 3.22. The van der Waals surface area contributed by atoms with Gasteiger partial charge in [-0.25, -0.2) is 13.1 Å². The van der Waals surface area contributed by atoms with Gasteiger partial charge in [0.05, 0.1) is 11.5 Å². The topological polar surface area (TPSA) is 64.6 Å². The monoisotopic (exact) mass is 409 g/mol. The lowest BCUT2D eigenvalue weighted by molar-refractivity contribution is 0.0529. The third kappa shape index (κ3) is 4.71. The summed E-state index contributed by atoms with van der Waals surface area (Å²) in [6.45, 7) is 6.22. The van der Waals surface area contributed by atoms with E-state index < -0.39 is 10.0 Å². The van der Waals surface area contributed by atoms with Gasteiger partial charge in [0, 0.05) is 30.1 Å². The van der Waals surface area contributed by atoms with Crippen molar-refractivity contribution < 1.29 is 17.9 Å². The van der Waals surface area contributed by atoms with Crippen LogP contribution >= 0.6 is 11.3 Å². The minimum Gasteiger partial charge on any atom is -0.493 e. The van der Waals surface area contributed by atoms with E-state index in [0.717, 1.165) is 30.6 Å². The molecule has 0 atom stereocenters. The summed E-state index contributed by atoms with van der Waals surface area (Å²) in [7, 11) is -3.59. The summed E-state index contributed by atoms with van der Waals surface area (Å²) >= 11 is 1.68. The van der Waals surface area contributed by atoms with Gasteiger partial charge in [0.2, 0.25) is 10.0 Å². The Hall–Kier alpha value is -1.41. The molecule has 0 saturated carbocycles. The van der Waals surface area contributed by atoms with Gasteiger partial charge in [-0.05, 0) is 61.4 Å². The summed E-state index contributed by atoms with van der Waals surface area (Å²) in [5.74, 6) is 0.732. The number of hydrogen-bond acceptors (Lipinski definition) is 5. The van der Waals surface area contributed by atoms with Crippen LogP contribution in [0.15, 0.2) is 40.6 Å². The quantitative estimate of drug-likeness (QED) is 0.719. The summed E-state index contributed by atoms with van der Waals surface area (Å²) in [6, 6.07) is 9.14. The largest absolute Gasteiger partial charge is 0.493 e. The van der Waals surface area contributed by atoms with Crippen molar-refractivity contribution in [3.05, 3.63) is 46.2 Å². The molecule has 1 N–H and O–H groups in total. The van der Waals surface area contributed by atoms with Crippen molar-refractivity contribution in [2.45, 2.75) is 43.4 Å². The number of ether oxygens (including phenoxy) is 2. The van der Waals surface area contributed by atoms with Crippen molar-refractivity contribution in [1.29, 1.82) is 0 Å². The van der Waals surface area contributed by atoms with Gasteiger partial charge in [0.15, 0.2) is 0 Å². The first-order valence-corrected chi connectivity index (χ1v) is 11.7. The highest BCUT2D eigenvalue weighted by Gasteiger charge is 2.36. The molecule has 2 aromatic rings. The molecule has 0 unspecified atom stereocenters. The summed E-state index contributed by atoms with van der Waals surface area (Å²) in [6.07, 6.45) is 2.55. The van der Waals surface area contributed by atoms with Gasteiger partial charge in [0.25, 0.3) is 0 Å². The number of sulfonamides is 1. The fraction of sp³-hybridized carbons (Fsp3) is 0.500. The fourth-order valence-corrected chi connectivity index (χ4v) is 5.53. The highest BCUT2D eigenvalue weighted by molar-refractivity contribution is 7.89. The maximum atomic E-state index is 12.9. The van der Waals surface area contributed by atoms with Crippen LogP contribution in [0.1, 0.15) is 36.6 Å². The second-order valence-corrected chi connectivity index (χ2v) is 9.68. The van der Waals surface area contributed by atoms with E-state index in [0.29, 0.717) is 26.4 Å². The molecule has 0 bridgehead atoms. The van der Waals surface area contributed by atoms with Crippen LogP contribution < -0.4 is 9.46 Å². The first kappa shape index (κ1) is 20.3. The van der Waals surface area contributed by atoms with E-state index in [1.54, 1.807) is 29.5 Å². The van der Waals surface area contributed by atoms with Crippen LogP contribution in [-0.4, -0.2) is 34.8 Å². The second kappa shape index (κ2) is 8.73. The van der Waals surface area contributed by atoms with E-state index in [2.05, 4.69) is 10.8 Å². The van der Waals surface area contributed by atoms with Crippen LogP contribution in [0.3, 0.4) is 0 Å². The Morgan fingerprint density at radius 1 is 1.26 bits per heavy atom. The van der Waals surface area contributed by atoms with Crippen molar-refractivity contribution in [3.63, 3.8) is 0 Å². The van der Waals surface area contributed by atoms with E-state index in [-0.39, 0.29) is 10.3 Å². The van der Waals surface area contributed by atoms with Gasteiger partial charge in [-0.3, -0.25) is 0 Å². The van der Waals surface area contributed by atoms with Gasteiger partial charge in [-0.2, -0.15) is 0 Å². The minimum atomic E-state index is -3.59. The Labute approximate surface area is 165 Å². The summed E-state index contributed by atoms with van der Waals surface area (Å²) in [4.78, 5) is 1.49. The summed E-state index contributed by atoms with van der Waals surface area (Å²) in [5, 5.41) is 2.04. The maximum absolute atomic E-state index is 12.9. The van der Waals surface area contributed by atoms with Gasteiger partial charge in [-0.1, -0.05) is 13.0 Å². The van der Waals surface area contributed by atoms with Crippen molar-refractivity contribution in [2.24, 2.45) is 0 Å². The molecule has 0 aliphatic carbocycles. The first-order chi connectivity index (χ1) is 13.0. The fourth-order valence-electron chi connectivity index (χ4n) is 3.33. The van der Waals surface area contributed by atoms with E-state index in [1.807, 2.05) is 25.3 Å². The van der Waals surface area contributed by atoms with Gasteiger partial charge in [0.1, 0.15) is 5.75 Å². The predicted molar refractivity (Wildman–Crippen MR) is 108 cm³/mol. The number of aryl methyl sites for hydroxylation is 1. The number of benzene rings is 1. The molecule has 0 spiro atoms. The minimum absolute atomic E-state index is 0.196. The normalized spacial score (nSPS) is 17.0. The van der Waals surface area contributed by atoms with Crippen LogP contribution in [0.2, 0.25) is 0 Å². The maximum Gasteiger partial charge on any atom is 0.240 e. The average molecular weight is 410 g/mol. The third-order valence-electron chi connectivity index (χ3n) is 5.01. The van der Waals surface area contributed by atoms with E-state index >= 15 is 0 Å². The van der Waals surface area contributed by atoms with Gasteiger partial charge in [-0.15, -0.1) is 11.3 Å². The van der Waals surface area contributed by atoms with Crippen LogP contribution in [0.5, 0.6) is 5.75 Å². The van der Waals surface area contributed by atoms with Crippen LogP contribution in [-0.2, 0) is 20.2 Å². The van der Waals surface area contributed by atoms with Crippen LogP contribution in [0, 0.1) is 6.92 Å². The third-order valence-corrected chi connectivity index (χ3v) is 7.53. The Bertz CT molecular complexity index is 841. The lowest BCUT2D eigenvalue weighted by Crippen LogP contribution is -2.44. The van der Waals surface area contributed by atoms with Crippen LogP contribution in [0.25, 0.3) is 0 Å². The standard InChI is InChI=1S/C20H27NO4S2/c1-3-10-25-18-7-6-17(14-16(18)2)27(22,23)21-15-20(8-11-24-12-9-20)19-5-4-13-26-19/h4-7,13-14,21H,3,8-12,15H2,1-2H3. The molecule has 1 saturated heterocycles. The van der Waals surface area contributed by atoms with Gasteiger partial charge < -0.3 is 9.47 Å². The molecule has 0 radical (unpaired) electrons. The Balaban J connectivity index is 1.76. The van der Waals surface area contributed by atoms with Crippen molar-refractivity contribution in [1.82, 2.24) is 4.72 Å². The molecule has 2 heterocycles. The molecule has 1 aromatic heterocycles. The zero-order valence-electron chi connectivity index (χ0n) is 15.9. The molecule has 1 aromatic carbocycles. The first-order valence-electron chi connectivity index (χ1n) is 9.32. The van der Waals surface area contributed by atoms with E-state index in [4.69, 9.17) is 9.47 Å². The SMILES string of the molecule is CCCOc1ccc(S(=O)(=O)NCC2(c3cccs3)CCOCC2)cc1C. The molecule has 7 heteroatoms. The Morgan fingerprint density at radius 2 is 2.04 bits per heavy atom. The number of nitrogens with one attached hydrogen (secondary N) is 1. The molecule has 1 aliphatic heterocycles. The smallest absolute Gasteiger partial charge is 0.240 e. The summed E-state index contributed by atoms with van der Waals surface area (Å²) in [5.41, 5.74) is 0.629. The van der Waals surface area contributed by atoms with E-state index in [9.17, 15) is 8.42 Å².